The van der Waals surface area contributed by atoms with Gasteiger partial charge < -0.3 is 13.9 Å². The fourth-order valence-electron chi connectivity index (χ4n) is 3.99. The van der Waals surface area contributed by atoms with Crippen LogP contribution in [-0.4, -0.2) is 23.6 Å². The van der Waals surface area contributed by atoms with E-state index in [1.165, 1.54) is 35.3 Å². The van der Waals surface area contributed by atoms with Crippen molar-refractivity contribution < 1.29 is 23.5 Å². The predicted octanol–water partition coefficient (Wildman–Crippen LogP) is 3.87. The largest absolute Gasteiger partial charge is 0.466 e. The average molecular weight is 535 g/mol. The molecule has 0 bridgehead atoms. The van der Waals surface area contributed by atoms with Gasteiger partial charge in [0.05, 0.1) is 35.2 Å². The molecule has 2 aromatic heterocycles. The molecule has 5 rings (SSSR count). The van der Waals surface area contributed by atoms with Gasteiger partial charge in [-0.15, -0.1) is 0 Å². The quantitative estimate of drug-likeness (QED) is 0.285. The van der Waals surface area contributed by atoms with Crippen molar-refractivity contribution in [2.45, 2.75) is 13.0 Å². The van der Waals surface area contributed by atoms with E-state index in [2.05, 4.69) is 4.99 Å². The maximum Gasteiger partial charge on any atom is 0.379 e. The Kier molecular flexibility index (Phi) is 6.64. The van der Waals surface area contributed by atoms with E-state index in [0.717, 1.165) is 5.56 Å². The van der Waals surface area contributed by atoms with Gasteiger partial charge in [0.25, 0.3) is 5.56 Å². The highest BCUT2D eigenvalue weighted by atomic mass is 35.5. The first kappa shape index (κ1) is 24.5. The Hall–Kier alpha value is -4.21. The van der Waals surface area contributed by atoms with E-state index in [4.69, 9.17) is 25.5 Å². The molecule has 0 spiro atoms. The van der Waals surface area contributed by atoms with E-state index in [1.54, 1.807) is 55.5 Å². The molecule has 3 heterocycles. The second-order valence-electron chi connectivity index (χ2n) is 8.06. The summed E-state index contributed by atoms with van der Waals surface area (Å²) in [6.07, 6.45) is 3.14. The van der Waals surface area contributed by atoms with Gasteiger partial charge in [-0.3, -0.25) is 9.36 Å². The Balaban J connectivity index is 1.58. The van der Waals surface area contributed by atoms with Crippen LogP contribution >= 0.6 is 22.9 Å². The topological polar surface area (TPSA) is 100 Å². The number of fused-ring (bicyclic) bond motifs is 1. The van der Waals surface area contributed by atoms with Crippen LogP contribution in [0.4, 0.5) is 0 Å². The summed E-state index contributed by atoms with van der Waals surface area (Å²) in [5.74, 6) is -0.880. The number of hydrogen-bond donors (Lipinski definition) is 0. The minimum atomic E-state index is -0.786. The number of aromatic nitrogens is 1. The molecule has 0 N–H and O–H groups in total. The SMILES string of the molecule is COC(=O)C1=C(C)N=c2s/c(=C/c3ccc(Cl)cc3)c(=O)n2C1c1ccc(OC(=O)c2ccco2)cc1. The summed E-state index contributed by atoms with van der Waals surface area (Å²) in [4.78, 5) is 43.6. The third kappa shape index (κ3) is 4.78. The monoisotopic (exact) mass is 534 g/mol. The fraction of sp³-hybridized carbons (Fsp3) is 0.111. The van der Waals surface area contributed by atoms with Gasteiger partial charge in [0, 0.05) is 5.02 Å². The molecule has 8 nitrogen and oxygen atoms in total. The van der Waals surface area contributed by atoms with Crippen LogP contribution in [0.5, 0.6) is 5.75 Å². The van der Waals surface area contributed by atoms with Gasteiger partial charge >= 0.3 is 11.9 Å². The van der Waals surface area contributed by atoms with E-state index < -0.39 is 18.0 Å². The van der Waals surface area contributed by atoms with Crippen LogP contribution in [0.25, 0.3) is 6.08 Å². The Morgan fingerprint density at radius 2 is 1.81 bits per heavy atom. The van der Waals surface area contributed by atoms with Gasteiger partial charge in [-0.25, -0.2) is 14.6 Å². The summed E-state index contributed by atoms with van der Waals surface area (Å²) < 4.78 is 17.4. The number of nitrogens with zero attached hydrogens (tertiary/aromatic N) is 2. The molecule has 1 aliphatic heterocycles. The summed E-state index contributed by atoms with van der Waals surface area (Å²) in [5.41, 5.74) is 1.81. The van der Waals surface area contributed by atoms with Gasteiger partial charge in [0.2, 0.25) is 5.76 Å². The van der Waals surface area contributed by atoms with Crippen molar-refractivity contribution in [2.75, 3.05) is 7.11 Å². The molecule has 1 unspecified atom stereocenters. The summed E-state index contributed by atoms with van der Waals surface area (Å²) in [6.45, 7) is 1.70. The zero-order valence-electron chi connectivity index (χ0n) is 19.6. The first-order valence-electron chi connectivity index (χ1n) is 11.1. The second-order valence-corrected chi connectivity index (χ2v) is 9.51. The zero-order chi connectivity index (χ0) is 26.1. The van der Waals surface area contributed by atoms with E-state index in [0.29, 0.717) is 25.6 Å². The first-order valence-corrected chi connectivity index (χ1v) is 12.3. The molecule has 0 fully saturated rings. The van der Waals surface area contributed by atoms with Crippen LogP contribution in [-0.2, 0) is 9.53 Å². The Morgan fingerprint density at radius 3 is 2.46 bits per heavy atom. The van der Waals surface area contributed by atoms with Crippen LogP contribution in [0.3, 0.4) is 0 Å². The number of thiazole rings is 1. The molecular weight excluding hydrogens is 516 g/mol. The normalized spacial score (nSPS) is 15.2. The lowest BCUT2D eigenvalue weighted by molar-refractivity contribution is -0.136. The standard InChI is InChI=1S/C27H19ClN2O6S/c1-15-22(26(33)34-2)23(17-7-11-19(12-8-17)36-25(32)20-4-3-13-35-20)30-24(31)21(37-27(30)29-15)14-16-5-9-18(28)10-6-16/h3-14,23H,1-2H3/b21-14+. The molecule has 1 aliphatic rings. The van der Waals surface area contributed by atoms with E-state index in [9.17, 15) is 14.4 Å². The molecule has 0 radical (unpaired) electrons. The van der Waals surface area contributed by atoms with Crippen molar-refractivity contribution in [1.29, 1.82) is 0 Å². The fourth-order valence-corrected chi connectivity index (χ4v) is 5.16. The van der Waals surface area contributed by atoms with E-state index in [1.807, 2.05) is 12.1 Å². The van der Waals surface area contributed by atoms with Crippen molar-refractivity contribution in [3.8, 4) is 5.75 Å². The van der Waals surface area contributed by atoms with Gasteiger partial charge in [-0.1, -0.05) is 47.2 Å². The molecule has 0 amide bonds. The molecular formula is C27H19ClN2O6S. The Labute approximate surface area is 219 Å². The molecule has 186 valence electrons. The number of hydrogen-bond acceptors (Lipinski definition) is 8. The van der Waals surface area contributed by atoms with Crippen molar-refractivity contribution in [3.05, 3.63) is 120 Å². The molecule has 10 heteroatoms. The van der Waals surface area contributed by atoms with E-state index >= 15 is 0 Å². The number of rotatable bonds is 5. The number of ether oxygens (including phenoxy) is 2. The molecule has 4 aromatic rings. The lowest BCUT2D eigenvalue weighted by Crippen LogP contribution is -2.39. The third-order valence-corrected chi connectivity index (χ3v) is 6.96. The minimum Gasteiger partial charge on any atom is -0.466 e. The van der Waals surface area contributed by atoms with Crippen LogP contribution in [0, 0.1) is 0 Å². The van der Waals surface area contributed by atoms with Gasteiger partial charge in [0.15, 0.2) is 4.80 Å². The van der Waals surface area contributed by atoms with Gasteiger partial charge in [-0.2, -0.15) is 0 Å². The number of esters is 2. The smallest absolute Gasteiger partial charge is 0.379 e. The molecule has 37 heavy (non-hydrogen) atoms. The van der Waals surface area contributed by atoms with Crippen molar-refractivity contribution in [3.63, 3.8) is 0 Å². The highest BCUT2D eigenvalue weighted by Gasteiger charge is 2.33. The second kappa shape index (κ2) is 10.0. The number of furan rings is 1. The number of methoxy groups -OCH3 is 1. The van der Waals surface area contributed by atoms with Crippen molar-refractivity contribution >= 4 is 41.0 Å². The number of carbonyl (C=O) groups is 2. The lowest BCUT2D eigenvalue weighted by Gasteiger charge is -2.24. The summed E-state index contributed by atoms with van der Waals surface area (Å²) in [5, 5.41) is 0.593. The maximum atomic E-state index is 13.6. The lowest BCUT2D eigenvalue weighted by atomic mass is 9.96. The van der Waals surface area contributed by atoms with Crippen LogP contribution in [0.15, 0.2) is 92.4 Å². The summed E-state index contributed by atoms with van der Waals surface area (Å²) in [7, 11) is 1.28. The predicted molar refractivity (Wildman–Crippen MR) is 137 cm³/mol. The highest BCUT2D eigenvalue weighted by molar-refractivity contribution is 7.07. The summed E-state index contributed by atoms with van der Waals surface area (Å²) >= 11 is 7.21. The van der Waals surface area contributed by atoms with Crippen LogP contribution in [0.2, 0.25) is 5.02 Å². The Bertz CT molecular complexity index is 1700. The van der Waals surface area contributed by atoms with Crippen LogP contribution < -0.4 is 19.6 Å². The van der Waals surface area contributed by atoms with Crippen molar-refractivity contribution in [2.24, 2.45) is 4.99 Å². The first-order chi connectivity index (χ1) is 17.9. The Morgan fingerprint density at radius 1 is 1.08 bits per heavy atom. The summed E-state index contributed by atoms with van der Waals surface area (Å²) in [6, 6.07) is 16.0. The number of benzene rings is 2. The molecule has 1 atom stereocenters. The maximum absolute atomic E-state index is 13.6. The van der Waals surface area contributed by atoms with Crippen LogP contribution in [0.1, 0.15) is 34.6 Å². The minimum absolute atomic E-state index is 0.0726. The zero-order valence-corrected chi connectivity index (χ0v) is 21.2. The average Bonchev–Trinajstić information content (AvgIpc) is 3.54. The van der Waals surface area contributed by atoms with E-state index in [-0.39, 0.29) is 22.6 Å². The van der Waals surface area contributed by atoms with Gasteiger partial charge in [-0.05, 0) is 60.5 Å². The number of halogens is 1. The number of carbonyl (C=O) groups excluding carboxylic acids is 2. The van der Waals surface area contributed by atoms with Crippen molar-refractivity contribution in [1.82, 2.24) is 4.57 Å². The highest BCUT2D eigenvalue weighted by Crippen LogP contribution is 2.31. The molecule has 0 aliphatic carbocycles. The molecule has 2 aromatic carbocycles. The number of allylic oxidation sites excluding steroid dienone is 1. The molecule has 0 saturated heterocycles. The third-order valence-electron chi connectivity index (χ3n) is 5.72. The van der Waals surface area contributed by atoms with Gasteiger partial charge in [0.1, 0.15) is 5.75 Å². The molecule has 0 saturated carbocycles.